The molecule has 10 aromatic rings. The van der Waals surface area contributed by atoms with E-state index in [4.69, 9.17) is 8.83 Å². The molecule has 0 spiro atoms. The molecular formula is C64H61N13O16S2. The lowest BCUT2D eigenvalue weighted by atomic mass is 10.1. The molecule has 31 heteroatoms. The molecule has 3 saturated heterocycles. The second kappa shape index (κ2) is 27.9. The van der Waals surface area contributed by atoms with Crippen LogP contribution in [0, 0.1) is 46.4 Å². The third-order valence-corrected chi connectivity index (χ3v) is 18.4. The number of amides is 3. The highest BCUT2D eigenvalue weighted by atomic mass is 32.1. The highest BCUT2D eigenvalue weighted by molar-refractivity contribution is 7.17. The number of nitro groups is 4. The van der Waals surface area contributed by atoms with E-state index in [1.807, 2.05) is 89.0 Å². The number of hydrogen-bond acceptors (Lipinski definition) is 21. The van der Waals surface area contributed by atoms with Crippen molar-refractivity contribution in [3.05, 3.63) is 232 Å². The summed E-state index contributed by atoms with van der Waals surface area (Å²) in [6.45, 7) is 8.68. The van der Waals surface area contributed by atoms with Crippen molar-refractivity contribution in [1.29, 1.82) is 0 Å². The van der Waals surface area contributed by atoms with Crippen molar-refractivity contribution in [2.24, 2.45) is 13.0 Å². The number of benzene rings is 3. The van der Waals surface area contributed by atoms with Crippen molar-refractivity contribution < 1.29 is 42.9 Å². The summed E-state index contributed by atoms with van der Waals surface area (Å²) in [6, 6.07) is 32.7. The lowest BCUT2D eigenvalue weighted by molar-refractivity contribution is -0.385. The predicted molar refractivity (Wildman–Crippen MR) is 357 cm³/mol. The van der Waals surface area contributed by atoms with Gasteiger partial charge in [0.2, 0.25) is 0 Å². The first-order chi connectivity index (χ1) is 45.7. The van der Waals surface area contributed by atoms with Crippen LogP contribution in [0.1, 0.15) is 50.2 Å². The van der Waals surface area contributed by atoms with Crippen molar-refractivity contribution in [1.82, 2.24) is 28.4 Å². The first-order valence-electron chi connectivity index (χ1n) is 30.0. The van der Waals surface area contributed by atoms with Crippen LogP contribution in [-0.2, 0) is 20.1 Å². The summed E-state index contributed by atoms with van der Waals surface area (Å²) >= 11 is 2.33. The van der Waals surface area contributed by atoms with Crippen molar-refractivity contribution in [3.63, 3.8) is 0 Å². The molecule has 29 nitrogen and oxygen atoms in total. The molecule has 0 aliphatic carbocycles. The molecule has 0 radical (unpaired) electrons. The fraction of sp³-hybridized carbons (Fsp3) is 0.281. The summed E-state index contributed by atoms with van der Waals surface area (Å²) < 4.78 is 14.6. The maximum Gasteiger partial charge on any atom is 0.357 e. The van der Waals surface area contributed by atoms with Gasteiger partial charge in [0.15, 0.2) is 11.5 Å². The van der Waals surface area contributed by atoms with Crippen LogP contribution in [0.15, 0.2) is 162 Å². The smallest absolute Gasteiger partial charge is 0.357 e. The summed E-state index contributed by atoms with van der Waals surface area (Å²) in [7, 11) is 1.50. The van der Waals surface area contributed by atoms with E-state index in [0.29, 0.717) is 103 Å². The fourth-order valence-electron chi connectivity index (χ4n) is 12.1. The molecule has 0 N–H and O–H groups in total. The first-order valence-corrected chi connectivity index (χ1v) is 31.8. The van der Waals surface area contributed by atoms with Gasteiger partial charge in [0.25, 0.3) is 17.7 Å². The molecule has 0 bridgehead atoms. The number of aryl methyl sites for hydroxylation is 1. The number of para-hydroxylation sites is 3. The number of nitrogens with zero attached hydrogens (tertiary/aromatic N) is 13. The number of thiophene rings is 2. The molecule has 7 aromatic heterocycles. The van der Waals surface area contributed by atoms with Crippen LogP contribution in [0.2, 0.25) is 0 Å². The van der Waals surface area contributed by atoms with Gasteiger partial charge in [-0.3, -0.25) is 73.8 Å². The van der Waals surface area contributed by atoms with Gasteiger partial charge in [-0.2, -0.15) is 11.3 Å². The molecular weight excluding hydrogens is 1270 g/mol. The van der Waals surface area contributed by atoms with Gasteiger partial charge in [0.1, 0.15) is 17.1 Å². The van der Waals surface area contributed by atoms with E-state index in [1.54, 1.807) is 68.1 Å². The van der Waals surface area contributed by atoms with Crippen LogP contribution in [0.25, 0.3) is 32.7 Å². The topological polar surface area (TPSA) is 335 Å². The highest BCUT2D eigenvalue weighted by Crippen LogP contribution is 2.38. The Kier molecular flexibility index (Phi) is 19.1. The molecule has 10 heterocycles. The SMILES string of the molecule is CC(C)Cn1c(=O)c([N+](=O)[O-])c(N2CCN(C(=O)c3ccco3)CC2)c2ccccc21.Cn1c(=O)c([N+](=O)[O-])c(N2CCN(C(=O)c3ccc([N+](=O)[O-])s3)CC2)c2ccccc21.O=C(c1ccco1)N1CCN(c2c([N+](=O)[O-])c(=O)n(Cc3ccsc3)c3ccccc23)CC1. The molecule has 0 saturated carbocycles. The van der Waals surface area contributed by atoms with Crippen molar-refractivity contribution >= 4 is 112 Å². The number of aromatic nitrogens is 3. The van der Waals surface area contributed by atoms with Crippen molar-refractivity contribution in [2.45, 2.75) is 26.9 Å². The van der Waals surface area contributed by atoms with Crippen LogP contribution in [-0.4, -0.2) is 144 Å². The molecule has 0 unspecified atom stereocenters. The largest absolute Gasteiger partial charge is 0.459 e. The van der Waals surface area contributed by atoms with E-state index in [2.05, 4.69) is 0 Å². The monoisotopic (exact) mass is 1330 g/mol. The Morgan fingerprint density at radius 3 is 1.29 bits per heavy atom. The van der Waals surface area contributed by atoms with Gasteiger partial charge in [0, 0.05) is 114 Å². The lowest BCUT2D eigenvalue weighted by Gasteiger charge is -2.36. The number of piperazine rings is 3. The van der Waals surface area contributed by atoms with Crippen molar-refractivity contribution in [3.8, 4) is 0 Å². The molecule has 3 aromatic carbocycles. The number of pyridine rings is 3. The standard InChI is InChI=1S/C23H20N4O5S.C22H24N4O5.C19H17N5O6S/c28-22(19-6-3-12-32-19)25-10-8-24(9-11-25)20-17-4-1-2-5-18(17)26(14-16-7-13-33-15-16)23(29)21(20)27(30)31;1-15(2)14-25-17-7-4-3-6-16(17)19(20(22(25)28)26(29)30)23-9-11-24(12-10-23)21(27)18-8-5-13-31-18;1-20-13-5-3-2-4-12(13)16(17(19(20)26)24(29)30)21-8-10-22(11-9-21)18(25)14-6-7-15(31-14)23(27)28/h1-7,12-13,15H,8-11,14H2;3-8,13,15H,9-12,14H2,1-2H3;2-7H,8-11H2,1H3. The number of carbonyl (C=O) groups excluding carboxylic acids is 3. The molecule has 490 valence electrons. The van der Waals surface area contributed by atoms with Gasteiger partial charge in [-0.25, -0.2) is 0 Å². The van der Waals surface area contributed by atoms with Gasteiger partial charge in [-0.05, 0) is 76.8 Å². The Hall–Kier alpha value is -11.3. The Bertz CT molecular complexity index is 4770. The second-order valence-electron chi connectivity index (χ2n) is 22.8. The number of anilines is 3. The molecule has 13 rings (SSSR count). The molecule has 3 aliphatic rings. The van der Waals surface area contributed by atoms with Crippen LogP contribution < -0.4 is 31.4 Å². The van der Waals surface area contributed by atoms with Crippen LogP contribution >= 0.6 is 22.7 Å². The summed E-state index contributed by atoms with van der Waals surface area (Å²) in [5.74, 6) is -0.0672. The molecule has 3 aliphatic heterocycles. The molecule has 95 heavy (non-hydrogen) atoms. The average Bonchev–Trinajstić information content (AvgIpc) is 1.12. The van der Waals surface area contributed by atoms with Gasteiger partial charge in [-0.1, -0.05) is 79.8 Å². The summed E-state index contributed by atoms with van der Waals surface area (Å²) in [4.78, 5) is 132. The van der Waals surface area contributed by atoms with Crippen molar-refractivity contribution in [2.75, 3.05) is 93.2 Å². The van der Waals surface area contributed by atoms with E-state index >= 15 is 0 Å². The van der Waals surface area contributed by atoms with Gasteiger partial charge in [-0.15, -0.1) is 0 Å². The molecule has 3 fully saturated rings. The molecule has 0 atom stereocenters. The van der Waals surface area contributed by atoms with E-state index in [0.717, 1.165) is 16.9 Å². The number of carbonyl (C=O) groups is 3. The maximum absolute atomic E-state index is 13.4. The first kappa shape index (κ1) is 65.2. The van der Waals surface area contributed by atoms with E-state index < -0.39 is 53.4 Å². The normalized spacial score (nSPS) is 14.2. The zero-order valence-electron chi connectivity index (χ0n) is 51.4. The number of furan rings is 2. The maximum atomic E-state index is 13.4. The Balaban J connectivity index is 0.000000145. The molecule has 3 amide bonds. The minimum Gasteiger partial charge on any atom is -0.459 e. The van der Waals surface area contributed by atoms with E-state index in [1.165, 1.54) is 56.7 Å². The zero-order chi connectivity index (χ0) is 67.4. The number of fused-ring (bicyclic) bond motifs is 3. The number of rotatable bonds is 14. The zero-order valence-corrected chi connectivity index (χ0v) is 53.1. The second-order valence-corrected chi connectivity index (χ2v) is 24.6. The lowest BCUT2D eigenvalue weighted by Crippen LogP contribution is -2.49. The van der Waals surface area contributed by atoms with Crippen LogP contribution in [0.3, 0.4) is 0 Å². The van der Waals surface area contributed by atoms with Gasteiger partial charge < -0.3 is 47.4 Å². The Labute approximate surface area is 546 Å². The van der Waals surface area contributed by atoms with E-state index in [-0.39, 0.29) is 83.4 Å². The Morgan fingerprint density at radius 1 is 0.484 bits per heavy atom. The summed E-state index contributed by atoms with van der Waals surface area (Å²) in [5.41, 5.74) is 0.454. The minimum absolute atomic E-state index is 0.107. The number of hydrogen-bond donors (Lipinski definition) is 0. The Morgan fingerprint density at radius 2 is 0.895 bits per heavy atom. The quantitative estimate of drug-likeness (QED) is 0.0723. The third kappa shape index (κ3) is 13.2. The minimum atomic E-state index is -0.692. The average molecular weight is 1330 g/mol. The summed E-state index contributed by atoms with van der Waals surface area (Å²) in [6.07, 6.45) is 2.90. The fourth-order valence-corrected chi connectivity index (χ4v) is 13.6. The third-order valence-electron chi connectivity index (χ3n) is 16.6. The van der Waals surface area contributed by atoms with Gasteiger partial charge in [0.05, 0.1) is 60.2 Å². The van der Waals surface area contributed by atoms with E-state index in [9.17, 15) is 69.2 Å². The predicted octanol–water partition coefficient (Wildman–Crippen LogP) is 9.07. The summed E-state index contributed by atoms with van der Waals surface area (Å²) in [5, 5.41) is 52.3. The highest BCUT2D eigenvalue weighted by Gasteiger charge is 2.37. The van der Waals surface area contributed by atoms with Crippen LogP contribution in [0.4, 0.5) is 39.1 Å². The van der Waals surface area contributed by atoms with Crippen LogP contribution in [0.5, 0.6) is 0 Å². The van der Waals surface area contributed by atoms with Gasteiger partial charge >= 0.3 is 38.7 Å².